The summed E-state index contributed by atoms with van der Waals surface area (Å²) in [6.45, 7) is 6.10. The van der Waals surface area contributed by atoms with Crippen LogP contribution in [0.25, 0.3) is 0 Å². The molecule has 0 saturated carbocycles. The zero-order valence-corrected chi connectivity index (χ0v) is 13.6. The Morgan fingerprint density at radius 2 is 2.17 bits per heavy atom. The topological polar surface area (TPSA) is 63.6 Å². The molecule has 0 fully saturated rings. The smallest absolute Gasteiger partial charge is 0.277 e. The highest BCUT2D eigenvalue weighted by atomic mass is 16.5. The summed E-state index contributed by atoms with van der Waals surface area (Å²) in [5.41, 5.74) is 5.28. The van der Waals surface area contributed by atoms with Gasteiger partial charge in [-0.15, -0.1) is 0 Å². The predicted molar refractivity (Wildman–Crippen MR) is 90.7 cm³/mol. The van der Waals surface area contributed by atoms with Gasteiger partial charge in [0.1, 0.15) is 5.75 Å². The second-order valence-corrected chi connectivity index (χ2v) is 5.53. The number of hydrogen-bond acceptors (Lipinski definition) is 4. The number of amides is 1. The summed E-state index contributed by atoms with van der Waals surface area (Å²) in [6.07, 6.45) is 3.15. The van der Waals surface area contributed by atoms with Crippen molar-refractivity contribution < 1.29 is 9.53 Å². The van der Waals surface area contributed by atoms with E-state index in [-0.39, 0.29) is 12.5 Å². The molecule has 23 heavy (non-hydrogen) atoms. The van der Waals surface area contributed by atoms with Crippen LogP contribution in [0.3, 0.4) is 0 Å². The molecule has 2 rings (SSSR count). The van der Waals surface area contributed by atoms with Gasteiger partial charge in [-0.05, 0) is 42.2 Å². The average Bonchev–Trinajstić information content (AvgIpc) is 2.53. The molecule has 1 amide bonds. The third-order valence-corrected chi connectivity index (χ3v) is 3.22. The van der Waals surface area contributed by atoms with Crippen LogP contribution in [0.15, 0.2) is 47.7 Å². The van der Waals surface area contributed by atoms with Crippen LogP contribution in [0.1, 0.15) is 36.6 Å². The van der Waals surface area contributed by atoms with Crippen molar-refractivity contribution in [3.8, 4) is 5.75 Å². The van der Waals surface area contributed by atoms with Crippen LogP contribution in [0.2, 0.25) is 0 Å². The van der Waals surface area contributed by atoms with Gasteiger partial charge < -0.3 is 4.74 Å². The minimum absolute atomic E-state index is 0.0806. The van der Waals surface area contributed by atoms with E-state index in [2.05, 4.69) is 29.4 Å². The molecule has 0 aliphatic heterocycles. The maximum absolute atomic E-state index is 11.8. The first-order valence-corrected chi connectivity index (χ1v) is 7.52. The summed E-state index contributed by atoms with van der Waals surface area (Å²) < 4.78 is 5.64. The molecule has 0 saturated heterocycles. The molecule has 0 spiro atoms. The van der Waals surface area contributed by atoms with Gasteiger partial charge in [0.25, 0.3) is 5.91 Å². The molecule has 0 radical (unpaired) electrons. The summed E-state index contributed by atoms with van der Waals surface area (Å²) >= 11 is 0. The first-order chi connectivity index (χ1) is 11.1. The molecule has 1 aromatic heterocycles. The molecular formula is C18H21N3O2. The van der Waals surface area contributed by atoms with Crippen molar-refractivity contribution in [2.45, 2.75) is 26.7 Å². The van der Waals surface area contributed by atoms with Gasteiger partial charge in [0.15, 0.2) is 6.61 Å². The summed E-state index contributed by atoms with van der Waals surface area (Å²) in [5, 5.41) is 3.86. The largest absolute Gasteiger partial charge is 0.483 e. The highest BCUT2D eigenvalue weighted by Gasteiger charge is 2.09. The Bertz CT molecular complexity index is 682. The van der Waals surface area contributed by atoms with E-state index in [1.54, 1.807) is 12.3 Å². The number of carbonyl (C=O) groups excluding carboxylic acids is 1. The van der Waals surface area contributed by atoms with E-state index >= 15 is 0 Å². The van der Waals surface area contributed by atoms with Crippen molar-refractivity contribution in [1.82, 2.24) is 10.4 Å². The molecule has 5 heteroatoms. The fourth-order valence-electron chi connectivity index (χ4n) is 2.04. The third-order valence-electron chi connectivity index (χ3n) is 3.22. The quantitative estimate of drug-likeness (QED) is 0.659. The zero-order chi connectivity index (χ0) is 16.7. The molecule has 1 heterocycles. The number of hydrogen-bond donors (Lipinski definition) is 1. The van der Waals surface area contributed by atoms with Gasteiger partial charge in [0.2, 0.25) is 0 Å². The molecule has 2 aromatic rings. The number of carbonyl (C=O) groups is 1. The first kappa shape index (κ1) is 16.7. The van der Waals surface area contributed by atoms with E-state index in [4.69, 9.17) is 4.74 Å². The maximum Gasteiger partial charge on any atom is 0.277 e. The van der Waals surface area contributed by atoms with Crippen LogP contribution in [-0.2, 0) is 4.79 Å². The van der Waals surface area contributed by atoms with Gasteiger partial charge in [0.05, 0.1) is 11.9 Å². The van der Waals surface area contributed by atoms with Gasteiger partial charge in [-0.1, -0.05) is 32.0 Å². The van der Waals surface area contributed by atoms with E-state index in [1.165, 1.54) is 6.21 Å². The van der Waals surface area contributed by atoms with Gasteiger partial charge in [0, 0.05) is 6.20 Å². The van der Waals surface area contributed by atoms with Crippen molar-refractivity contribution in [1.29, 1.82) is 0 Å². The van der Waals surface area contributed by atoms with Gasteiger partial charge in [-0.2, -0.15) is 5.10 Å². The van der Waals surface area contributed by atoms with Gasteiger partial charge >= 0.3 is 0 Å². The number of pyridine rings is 1. The predicted octanol–water partition coefficient (Wildman–Crippen LogP) is 3.04. The van der Waals surface area contributed by atoms with Crippen molar-refractivity contribution in [3.05, 3.63) is 59.4 Å². The van der Waals surface area contributed by atoms with Crippen LogP contribution in [0.4, 0.5) is 0 Å². The lowest BCUT2D eigenvalue weighted by Crippen LogP contribution is -2.25. The zero-order valence-electron chi connectivity index (χ0n) is 13.6. The number of nitrogens with zero attached hydrogens (tertiary/aromatic N) is 2. The van der Waals surface area contributed by atoms with E-state index in [0.29, 0.717) is 11.6 Å². The summed E-state index contributed by atoms with van der Waals surface area (Å²) in [6, 6.07) is 11.5. The SMILES string of the molecule is Cc1ccc(C(C)C)c(OCC(=O)NN=Cc2ccccn2)c1. The molecule has 5 nitrogen and oxygen atoms in total. The molecule has 0 unspecified atom stereocenters. The van der Waals surface area contributed by atoms with Crippen molar-refractivity contribution in [2.24, 2.45) is 5.10 Å². The fraction of sp³-hybridized carbons (Fsp3) is 0.278. The Kier molecular flexibility index (Phi) is 5.86. The standard InChI is InChI=1S/C18H21N3O2/c1-13(2)16-8-7-14(3)10-17(16)23-12-18(22)21-20-11-15-6-4-5-9-19-15/h4-11,13H,12H2,1-3H3,(H,21,22). The van der Waals surface area contributed by atoms with Crippen molar-refractivity contribution in [3.63, 3.8) is 0 Å². The van der Waals surface area contributed by atoms with Gasteiger partial charge in [-0.3, -0.25) is 9.78 Å². The van der Waals surface area contributed by atoms with Gasteiger partial charge in [-0.25, -0.2) is 5.43 Å². The summed E-state index contributed by atoms with van der Waals surface area (Å²) in [7, 11) is 0. The summed E-state index contributed by atoms with van der Waals surface area (Å²) in [4.78, 5) is 15.9. The van der Waals surface area contributed by atoms with Crippen molar-refractivity contribution in [2.75, 3.05) is 6.61 Å². The Labute approximate surface area is 136 Å². The average molecular weight is 311 g/mol. The molecule has 0 bridgehead atoms. The van der Waals surface area contributed by atoms with Crippen molar-refractivity contribution >= 4 is 12.1 Å². The third kappa shape index (κ3) is 5.21. The van der Waals surface area contributed by atoms with Crippen LogP contribution in [0.5, 0.6) is 5.75 Å². The minimum Gasteiger partial charge on any atom is -0.483 e. The van der Waals surface area contributed by atoms with E-state index in [1.807, 2.05) is 37.3 Å². The number of benzene rings is 1. The molecule has 0 aliphatic rings. The number of rotatable bonds is 6. The number of aryl methyl sites for hydroxylation is 1. The van der Waals surface area contributed by atoms with Crippen LogP contribution in [0, 0.1) is 6.92 Å². The van der Waals surface area contributed by atoms with E-state index < -0.39 is 0 Å². The number of nitrogens with one attached hydrogen (secondary N) is 1. The highest BCUT2D eigenvalue weighted by molar-refractivity contribution is 5.81. The molecule has 0 aliphatic carbocycles. The number of aromatic nitrogens is 1. The second kappa shape index (κ2) is 8.08. The Hall–Kier alpha value is -2.69. The molecule has 120 valence electrons. The summed E-state index contributed by atoms with van der Waals surface area (Å²) in [5.74, 6) is 0.757. The second-order valence-electron chi connectivity index (χ2n) is 5.53. The number of ether oxygens (including phenoxy) is 1. The Morgan fingerprint density at radius 3 is 2.87 bits per heavy atom. The molecule has 1 N–H and O–H groups in total. The first-order valence-electron chi connectivity index (χ1n) is 7.52. The molecular weight excluding hydrogens is 290 g/mol. The van der Waals surface area contributed by atoms with Crippen LogP contribution < -0.4 is 10.2 Å². The van der Waals surface area contributed by atoms with Crippen LogP contribution in [-0.4, -0.2) is 23.7 Å². The normalized spacial score (nSPS) is 11.0. The fourth-order valence-corrected chi connectivity index (χ4v) is 2.04. The molecule has 0 atom stereocenters. The lowest BCUT2D eigenvalue weighted by Gasteiger charge is -2.14. The maximum atomic E-state index is 11.8. The lowest BCUT2D eigenvalue weighted by molar-refractivity contribution is -0.123. The Balaban J connectivity index is 1.90. The molecule has 1 aromatic carbocycles. The lowest BCUT2D eigenvalue weighted by atomic mass is 10.0. The van der Waals surface area contributed by atoms with E-state index in [9.17, 15) is 4.79 Å². The van der Waals surface area contributed by atoms with E-state index in [0.717, 1.165) is 16.9 Å². The number of hydrazone groups is 1. The Morgan fingerprint density at radius 1 is 1.35 bits per heavy atom. The van der Waals surface area contributed by atoms with Crippen LogP contribution >= 0.6 is 0 Å². The minimum atomic E-state index is -0.312. The highest BCUT2D eigenvalue weighted by Crippen LogP contribution is 2.27. The monoisotopic (exact) mass is 311 g/mol.